The van der Waals surface area contributed by atoms with Crippen molar-refractivity contribution >= 4 is 15.9 Å². The first-order valence-electron chi connectivity index (χ1n) is 7.50. The number of aryl methyl sites for hydroxylation is 1. The maximum atomic E-state index is 6.18. The molecule has 0 spiro atoms. The first kappa shape index (κ1) is 12.3. The molecule has 0 bridgehead atoms. The van der Waals surface area contributed by atoms with Gasteiger partial charge in [0.05, 0.1) is 0 Å². The molecule has 0 aromatic heterocycles. The van der Waals surface area contributed by atoms with Crippen LogP contribution >= 0.6 is 15.9 Å². The highest BCUT2D eigenvalue weighted by molar-refractivity contribution is 9.09. The third kappa shape index (κ3) is 2.12. The highest BCUT2D eigenvalue weighted by Crippen LogP contribution is 2.62. The van der Waals surface area contributed by atoms with Crippen molar-refractivity contribution in [3.8, 4) is 5.75 Å². The van der Waals surface area contributed by atoms with Crippen LogP contribution in [0.2, 0.25) is 0 Å². The van der Waals surface area contributed by atoms with Crippen LogP contribution in [-0.2, 0) is 6.42 Å². The predicted molar refractivity (Wildman–Crippen MR) is 81.0 cm³/mol. The van der Waals surface area contributed by atoms with Crippen molar-refractivity contribution in [1.29, 1.82) is 0 Å². The molecule has 1 aromatic carbocycles. The summed E-state index contributed by atoms with van der Waals surface area (Å²) in [6.07, 6.45) is 7.11. The van der Waals surface area contributed by atoms with E-state index >= 15 is 0 Å². The van der Waals surface area contributed by atoms with Gasteiger partial charge < -0.3 is 4.74 Å². The van der Waals surface area contributed by atoms with Crippen molar-refractivity contribution in [2.45, 2.75) is 45.1 Å². The van der Waals surface area contributed by atoms with Crippen LogP contribution < -0.4 is 4.74 Å². The van der Waals surface area contributed by atoms with Crippen molar-refractivity contribution in [3.05, 3.63) is 29.3 Å². The highest BCUT2D eigenvalue weighted by Gasteiger charge is 2.54. The van der Waals surface area contributed by atoms with Gasteiger partial charge in [0.2, 0.25) is 0 Å². The Bertz CT molecular complexity index is 500. The Hall–Kier alpha value is -0.500. The molecule has 102 valence electrons. The quantitative estimate of drug-likeness (QED) is 0.745. The number of alkyl halides is 1. The van der Waals surface area contributed by atoms with E-state index in [1.54, 1.807) is 0 Å². The van der Waals surface area contributed by atoms with Crippen LogP contribution in [0.5, 0.6) is 5.75 Å². The largest absolute Gasteiger partial charge is 0.490 e. The van der Waals surface area contributed by atoms with Gasteiger partial charge in [-0.25, -0.2) is 0 Å². The number of hydrogen-bond donors (Lipinski definition) is 0. The average Bonchev–Trinajstić information content (AvgIpc) is 2.84. The smallest absolute Gasteiger partial charge is 0.123 e. The van der Waals surface area contributed by atoms with Crippen LogP contribution in [0, 0.1) is 24.2 Å². The second kappa shape index (κ2) is 4.25. The monoisotopic (exact) mass is 320 g/mol. The van der Waals surface area contributed by atoms with Gasteiger partial charge in [-0.2, -0.15) is 0 Å². The summed E-state index contributed by atoms with van der Waals surface area (Å²) in [6, 6.07) is 6.60. The van der Waals surface area contributed by atoms with E-state index in [0.29, 0.717) is 11.5 Å². The average molecular weight is 321 g/mol. The number of hydrogen-bond acceptors (Lipinski definition) is 1. The third-order valence-electron chi connectivity index (χ3n) is 5.36. The van der Waals surface area contributed by atoms with E-state index in [4.69, 9.17) is 4.74 Å². The SMILES string of the molecule is Cc1ccc2c(c1)CC(CC1(CBr)CC3CC3C1)O2. The van der Waals surface area contributed by atoms with Crippen molar-refractivity contribution in [3.63, 3.8) is 0 Å². The molecular weight excluding hydrogens is 300 g/mol. The molecule has 2 heteroatoms. The van der Waals surface area contributed by atoms with Gasteiger partial charge >= 0.3 is 0 Å². The van der Waals surface area contributed by atoms with Crippen LogP contribution in [0.25, 0.3) is 0 Å². The normalized spacial score (nSPS) is 38.7. The summed E-state index contributed by atoms with van der Waals surface area (Å²) in [6.45, 7) is 2.16. The Balaban J connectivity index is 1.47. The lowest BCUT2D eigenvalue weighted by Gasteiger charge is -2.31. The Morgan fingerprint density at radius 1 is 1.32 bits per heavy atom. The highest BCUT2D eigenvalue weighted by atomic mass is 79.9. The van der Waals surface area contributed by atoms with Gasteiger partial charge in [-0.15, -0.1) is 0 Å². The second-order valence-corrected chi connectivity index (χ2v) is 7.62. The molecular formula is C17H21BrO. The van der Waals surface area contributed by atoms with Gasteiger partial charge in [0.15, 0.2) is 0 Å². The number of halogens is 1. The minimum absolute atomic E-state index is 0.409. The van der Waals surface area contributed by atoms with Crippen molar-refractivity contribution in [1.82, 2.24) is 0 Å². The lowest BCUT2D eigenvalue weighted by Crippen LogP contribution is -2.29. The molecule has 1 aliphatic heterocycles. The molecule has 2 fully saturated rings. The number of benzene rings is 1. The molecule has 1 nitrogen and oxygen atoms in total. The lowest BCUT2D eigenvalue weighted by molar-refractivity contribution is 0.144. The number of ether oxygens (including phenoxy) is 1. The summed E-state index contributed by atoms with van der Waals surface area (Å²) in [7, 11) is 0. The van der Waals surface area contributed by atoms with Crippen LogP contribution in [0.15, 0.2) is 18.2 Å². The maximum Gasteiger partial charge on any atom is 0.123 e. The zero-order chi connectivity index (χ0) is 13.0. The van der Waals surface area contributed by atoms with Gasteiger partial charge in [-0.3, -0.25) is 0 Å². The molecule has 3 atom stereocenters. The zero-order valence-electron chi connectivity index (χ0n) is 11.5. The third-order valence-corrected chi connectivity index (χ3v) is 6.55. The minimum atomic E-state index is 0.409. The summed E-state index contributed by atoms with van der Waals surface area (Å²) < 4.78 is 6.18. The van der Waals surface area contributed by atoms with Crippen LogP contribution in [-0.4, -0.2) is 11.4 Å². The van der Waals surface area contributed by atoms with Gasteiger partial charge in [-0.1, -0.05) is 33.6 Å². The number of fused-ring (bicyclic) bond motifs is 2. The van der Waals surface area contributed by atoms with E-state index in [1.165, 1.54) is 36.8 Å². The van der Waals surface area contributed by atoms with Gasteiger partial charge in [0.25, 0.3) is 0 Å². The topological polar surface area (TPSA) is 9.23 Å². The van der Waals surface area contributed by atoms with Crippen molar-refractivity contribution < 1.29 is 4.74 Å². The van der Waals surface area contributed by atoms with E-state index in [0.717, 1.165) is 29.3 Å². The fourth-order valence-corrected chi connectivity index (χ4v) is 5.07. The summed E-state index contributed by atoms with van der Waals surface area (Å²) in [5.74, 6) is 3.22. The summed E-state index contributed by atoms with van der Waals surface area (Å²) in [5, 5.41) is 1.15. The molecule has 2 saturated carbocycles. The first-order valence-corrected chi connectivity index (χ1v) is 8.62. The second-order valence-electron chi connectivity index (χ2n) is 7.06. The Labute approximate surface area is 123 Å². The van der Waals surface area contributed by atoms with E-state index in [2.05, 4.69) is 41.1 Å². The van der Waals surface area contributed by atoms with Crippen molar-refractivity contribution in [2.24, 2.45) is 17.3 Å². The fraction of sp³-hybridized carbons (Fsp3) is 0.647. The van der Waals surface area contributed by atoms with Crippen LogP contribution in [0.1, 0.15) is 36.8 Å². The molecule has 3 unspecified atom stereocenters. The molecule has 2 aliphatic carbocycles. The molecule has 0 amide bonds. The first-order chi connectivity index (χ1) is 9.17. The van der Waals surface area contributed by atoms with Gasteiger partial charge in [0.1, 0.15) is 11.9 Å². The summed E-state index contributed by atoms with van der Waals surface area (Å²) in [4.78, 5) is 0. The van der Waals surface area contributed by atoms with Gasteiger partial charge in [0, 0.05) is 11.8 Å². The Kier molecular flexibility index (Phi) is 2.74. The molecule has 0 N–H and O–H groups in total. The number of rotatable bonds is 3. The van der Waals surface area contributed by atoms with E-state index in [-0.39, 0.29) is 0 Å². The molecule has 1 aromatic rings. The molecule has 3 aliphatic rings. The zero-order valence-corrected chi connectivity index (χ0v) is 13.1. The van der Waals surface area contributed by atoms with E-state index < -0.39 is 0 Å². The Morgan fingerprint density at radius 3 is 2.84 bits per heavy atom. The van der Waals surface area contributed by atoms with Crippen LogP contribution in [0.4, 0.5) is 0 Å². The van der Waals surface area contributed by atoms with E-state index in [1.807, 2.05) is 0 Å². The summed E-state index contributed by atoms with van der Waals surface area (Å²) in [5.41, 5.74) is 3.29. The van der Waals surface area contributed by atoms with E-state index in [9.17, 15) is 0 Å². The maximum absolute atomic E-state index is 6.18. The Morgan fingerprint density at radius 2 is 2.11 bits per heavy atom. The standard InChI is InChI=1S/C17H21BrO/c1-11-2-3-16-12(4-11)6-15(19-16)9-17(10-18)7-13-5-14(13)8-17/h2-4,13-15H,5-10H2,1H3. The van der Waals surface area contributed by atoms with Crippen LogP contribution in [0.3, 0.4) is 0 Å². The molecule has 0 saturated heterocycles. The summed E-state index contributed by atoms with van der Waals surface area (Å²) >= 11 is 3.78. The predicted octanol–water partition coefficient (Wildman–Crippen LogP) is 4.50. The lowest BCUT2D eigenvalue weighted by atomic mass is 9.79. The molecule has 0 radical (unpaired) electrons. The van der Waals surface area contributed by atoms with Crippen molar-refractivity contribution in [2.75, 3.05) is 5.33 Å². The molecule has 4 rings (SSSR count). The minimum Gasteiger partial charge on any atom is -0.490 e. The fourth-order valence-electron chi connectivity index (χ4n) is 4.38. The van der Waals surface area contributed by atoms with Gasteiger partial charge in [-0.05, 0) is 61.5 Å². The molecule has 19 heavy (non-hydrogen) atoms. The molecule has 1 heterocycles.